The van der Waals surface area contributed by atoms with Crippen molar-refractivity contribution in [2.75, 3.05) is 35.5 Å². The number of nitrogens with zero attached hydrogens (tertiary/aromatic N) is 4. The zero-order valence-electron chi connectivity index (χ0n) is 46.5. The van der Waals surface area contributed by atoms with Gasteiger partial charge in [-0.25, -0.2) is 19.6 Å². The van der Waals surface area contributed by atoms with Crippen LogP contribution in [0.3, 0.4) is 0 Å². The number of hydrogen-bond acceptors (Lipinski definition) is 19. The number of benzene rings is 4. The number of halogens is 6. The number of nitrogens with one attached hydrogen (secondary N) is 5. The summed E-state index contributed by atoms with van der Waals surface area (Å²) in [7, 11) is 2.80. The highest BCUT2D eigenvalue weighted by atomic mass is 19.4. The number of carbonyl (C=O) groups is 5. The molecular weight excluding hydrogens is 1130 g/mol. The standard InChI is InChI=1S/C28H30F3N5O4.C26H28F3N5O3.C4H6O3.2CH4/c1-17(37)33-21-10-6-7-11-22(21)34-25-20(28(29,30)31)15-32-27(36-25)35-23-13-12-19(14-24(23)39-2)26(38)40-16-18-8-4-3-5-9-18;1-36-22-13-17(24(35)37-15-16-7-3-2-4-8-16)11-12-21(22)33-25-31-14-18(26(27,28)29)23(34-25)32-20-10-6-5-9-19(20)30;1-3(5)7-4(2)6;;/h3-5,8-9,12-15,21-22H,6-7,10-11,16H2,1-2H3,(H,33,37)(H2,32,34,35,36);2-4,7-8,11-14,19-20H,5-6,9-10,15,30H2,1H3,(H2,31,32,33,34);1-2H3;2*1H4/t21-,22-;19-,20-;;;/m11.../s1. The van der Waals surface area contributed by atoms with Crippen molar-refractivity contribution in [2.24, 2.45) is 5.73 Å². The maximum atomic E-state index is 13.8. The summed E-state index contributed by atoms with van der Waals surface area (Å²) in [6.45, 7) is 3.95. The monoisotopic (exact) mass is 1210 g/mol. The van der Waals surface area contributed by atoms with Crippen LogP contribution in [-0.4, -0.2) is 88.1 Å². The maximum Gasteiger partial charge on any atom is 0.421 e. The van der Waals surface area contributed by atoms with E-state index in [2.05, 4.69) is 51.3 Å². The maximum absolute atomic E-state index is 13.8. The Balaban J connectivity index is 0.000000325. The van der Waals surface area contributed by atoms with Crippen molar-refractivity contribution in [2.45, 2.75) is 137 Å². The predicted molar refractivity (Wildman–Crippen MR) is 311 cm³/mol. The topological polar surface area (TPSA) is 269 Å². The van der Waals surface area contributed by atoms with Gasteiger partial charge in [-0.2, -0.15) is 36.3 Å². The highest BCUT2D eigenvalue weighted by Crippen LogP contribution is 2.38. The van der Waals surface area contributed by atoms with Crippen molar-refractivity contribution in [3.05, 3.63) is 143 Å². The molecule has 86 heavy (non-hydrogen) atoms. The van der Waals surface area contributed by atoms with E-state index >= 15 is 0 Å². The number of carbonyl (C=O) groups excluding carboxylic acids is 5. The van der Waals surface area contributed by atoms with Crippen LogP contribution in [0, 0.1) is 0 Å². The molecule has 2 aliphatic carbocycles. The number of methoxy groups -OCH3 is 2. The average molecular weight is 1210 g/mol. The molecule has 2 aliphatic rings. The number of esters is 4. The van der Waals surface area contributed by atoms with Gasteiger partial charge in [-0.15, -0.1) is 0 Å². The fraction of sp³-hybridized carbons (Fsp3) is 0.383. The summed E-state index contributed by atoms with van der Waals surface area (Å²) < 4.78 is 108. The fourth-order valence-corrected chi connectivity index (χ4v) is 8.85. The van der Waals surface area contributed by atoms with Crippen molar-refractivity contribution in [3.63, 3.8) is 0 Å². The first-order chi connectivity index (χ1) is 40.0. The van der Waals surface area contributed by atoms with E-state index in [9.17, 15) is 50.3 Å². The van der Waals surface area contributed by atoms with Crippen LogP contribution < -0.4 is 41.8 Å². The van der Waals surface area contributed by atoms with Crippen molar-refractivity contribution in [1.29, 1.82) is 0 Å². The molecule has 0 bridgehead atoms. The van der Waals surface area contributed by atoms with Gasteiger partial charge in [-0.05, 0) is 73.2 Å². The third-order valence-corrected chi connectivity index (χ3v) is 12.9. The first-order valence-corrected chi connectivity index (χ1v) is 26.5. The van der Waals surface area contributed by atoms with E-state index in [1.807, 2.05) is 60.7 Å². The number of aromatic nitrogens is 4. The first kappa shape index (κ1) is 69.4. The van der Waals surface area contributed by atoms with Gasteiger partial charge in [-0.3, -0.25) is 14.4 Å². The van der Waals surface area contributed by atoms with Crippen LogP contribution in [0.5, 0.6) is 11.5 Å². The van der Waals surface area contributed by atoms with Gasteiger partial charge in [0.25, 0.3) is 0 Å². The van der Waals surface area contributed by atoms with E-state index in [0.717, 1.165) is 49.4 Å². The lowest BCUT2D eigenvalue weighted by atomic mass is 9.90. The van der Waals surface area contributed by atoms with Crippen molar-refractivity contribution >= 4 is 64.7 Å². The first-order valence-electron chi connectivity index (χ1n) is 26.5. The van der Waals surface area contributed by atoms with Crippen LogP contribution in [0.2, 0.25) is 0 Å². The molecule has 0 aliphatic heterocycles. The molecule has 7 N–H and O–H groups in total. The van der Waals surface area contributed by atoms with Gasteiger partial charge < -0.3 is 56.0 Å². The van der Waals surface area contributed by atoms with Crippen LogP contribution in [0.1, 0.15) is 130 Å². The third-order valence-electron chi connectivity index (χ3n) is 12.9. The van der Waals surface area contributed by atoms with Gasteiger partial charge in [0, 0.05) is 57.3 Å². The van der Waals surface area contributed by atoms with E-state index in [1.54, 1.807) is 6.07 Å². The highest BCUT2D eigenvalue weighted by molar-refractivity contribution is 5.92. The quantitative estimate of drug-likeness (QED) is 0.0214. The molecule has 6 aromatic rings. The summed E-state index contributed by atoms with van der Waals surface area (Å²) in [6, 6.07) is 26.1. The fourth-order valence-electron chi connectivity index (χ4n) is 8.85. The molecular formula is C60H72F6N10O10. The van der Waals surface area contributed by atoms with Crippen LogP contribution in [-0.2, 0) is 54.2 Å². The van der Waals surface area contributed by atoms with Crippen LogP contribution >= 0.6 is 0 Å². The summed E-state index contributed by atoms with van der Waals surface area (Å²) >= 11 is 0. The molecule has 2 aromatic heterocycles. The second-order valence-corrected chi connectivity index (χ2v) is 19.2. The minimum atomic E-state index is -4.70. The molecule has 4 aromatic carbocycles. The van der Waals surface area contributed by atoms with Crippen molar-refractivity contribution in [3.8, 4) is 11.5 Å². The molecule has 20 nitrogen and oxygen atoms in total. The summed E-state index contributed by atoms with van der Waals surface area (Å²) in [4.78, 5) is 72.2. The number of anilines is 6. The molecule has 2 saturated carbocycles. The molecule has 464 valence electrons. The number of amides is 1. The van der Waals surface area contributed by atoms with Gasteiger partial charge >= 0.3 is 36.2 Å². The number of rotatable bonds is 17. The lowest BCUT2D eigenvalue weighted by molar-refractivity contribution is -0.156. The summed E-state index contributed by atoms with van der Waals surface area (Å²) in [5.74, 6) is -2.90. The average Bonchev–Trinajstić information content (AvgIpc) is 1.39. The van der Waals surface area contributed by atoms with Gasteiger partial charge in [-0.1, -0.05) is 101 Å². The Kier molecular flexibility index (Phi) is 26.5. The third kappa shape index (κ3) is 21.2. The SMILES string of the molecule is C.C.CC(=O)OC(C)=O.COc1cc(C(=O)OCc2ccccc2)ccc1Nc1ncc(C(F)(F)F)c(N[C@@H]2CCCC[C@H]2N)n1.COc1cc(C(=O)OCc2ccccc2)ccc1Nc1ncc(C(F)(F)F)c(N[C@@H]2CCCC[C@H]2NC(C)=O)n1. The Hall–Kier alpha value is -9.07. The zero-order chi connectivity index (χ0) is 61.0. The normalized spacial score (nSPS) is 16.1. The molecule has 2 fully saturated rings. The van der Waals surface area contributed by atoms with Crippen LogP contribution in [0.15, 0.2) is 109 Å². The highest BCUT2D eigenvalue weighted by Gasteiger charge is 2.38. The molecule has 4 atom stereocenters. The molecule has 0 radical (unpaired) electrons. The Labute approximate surface area is 494 Å². The number of hydrogen-bond donors (Lipinski definition) is 6. The van der Waals surface area contributed by atoms with Gasteiger partial charge in [0.05, 0.1) is 36.7 Å². The molecule has 8 rings (SSSR count). The van der Waals surface area contributed by atoms with E-state index in [4.69, 9.17) is 24.7 Å². The van der Waals surface area contributed by atoms with Crippen molar-refractivity contribution in [1.82, 2.24) is 25.3 Å². The molecule has 26 heteroatoms. The second-order valence-electron chi connectivity index (χ2n) is 19.2. The minimum Gasteiger partial charge on any atom is -0.495 e. The molecule has 1 amide bonds. The Morgan fingerprint density at radius 2 is 0.953 bits per heavy atom. The Morgan fingerprint density at radius 3 is 1.33 bits per heavy atom. The lowest BCUT2D eigenvalue weighted by Crippen LogP contribution is -2.48. The van der Waals surface area contributed by atoms with Gasteiger partial charge in [0.1, 0.15) is 47.5 Å². The largest absolute Gasteiger partial charge is 0.495 e. The number of ether oxygens (including phenoxy) is 5. The summed E-state index contributed by atoms with van der Waals surface area (Å²) in [5.41, 5.74) is 6.99. The summed E-state index contributed by atoms with van der Waals surface area (Å²) in [6.07, 6.45) is -1.81. The Morgan fingerprint density at radius 1 is 0.558 bits per heavy atom. The van der Waals surface area contributed by atoms with E-state index in [0.29, 0.717) is 36.8 Å². The molecule has 0 unspecified atom stereocenters. The predicted octanol–water partition coefficient (Wildman–Crippen LogP) is 12.1. The number of nitrogens with two attached hydrogens (primary N) is 1. The molecule has 2 heterocycles. The van der Waals surface area contributed by atoms with Crippen LogP contribution in [0.4, 0.5) is 61.2 Å². The summed E-state index contributed by atoms with van der Waals surface area (Å²) in [5, 5.41) is 14.3. The van der Waals surface area contributed by atoms with Crippen LogP contribution in [0.25, 0.3) is 0 Å². The van der Waals surface area contributed by atoms with Crippen molar-refractivity contribution < 1.29 is 74.0 Å². The van der Waals surface area contributed by atoms with E-state index < -0.39 is 59.2 Å². The lowest BCUT2D eigenvalue weighted by Gasteiger charge is -2.33. The smallest absolute Gasteiger partial charge is 0.421 e. The molecule has 0 spiro atoms. The van der Waals surface area contributed by atoms with Gasteiger partial charge in [0.15, 0.2) is 0 Å². The van der Waals surface area contributed by atoms with E-state index in [-0.39, 0.29) is 92.4 Å². The zero-order valence-corrected chi connectivity index (χ0v) is 46.5. The van der Waals surface area contributed by atoms with E-state index in [1.165, 1.54) is 65.3 Å². The Bertz CT molecular complexity index is 3190. The van der Waals surface area contributed by atoms with Gasteiger partial charge in [0.2, 0.25) is 17.8 Å². The molecule has 0 saturated heterocycles. The second kappa shape index (κ2) is 32.8. The number of alkyl halides is 6. The minimum absolute atomic E-state index is 0.